The van der Waals surface area contributed by atoms with Crippen molar-refractivity contribution in [1.29, 1.82) is 0 Å². The molecule has 5 nitrogen and oxygen atoms in total. The monoisotopic (exact) mass is 419 g/mol. The third-order valence-corrected chi connectivity index (χ3v) is 3.26. The van der Waals surface area contributed by atoms with Crippen LogP contribution in [-0.4, -0.2) is 31.8 Å². The largest absolute Gasteiger partial charge is 0.491 e. The predicted molar refractivity (Wildman–Crippen MR) is 100 cm³/mol. The number of nitrogens with one attached hydrogen (secondary N) is 1. The molecule has 1 aromatic rings. The minimum Gasteiger partial charge on any atom is -0.491 e. The van der Waals surface area contributed by atoms with Gasteiger partial charge in [-0.1, -0.05) is 12.1 Å². The van der Waals surface area contributed by atoms with Gasteiger partial charge >= 0.3 is 0 Å². The van der Waals surface area contributed by atoms with E-state index in [4.69, 9.17) is 15.2 Å². The Morgan fingerprint density at radius 2 is 2.14 bits per heavy atom. The van der Waals surface area contributed by atoms with E-state index in [-0.39, 0.29) is 24.0 Å². The first-order valence-electron chi connectivity index (χ1n) is 7.55. The Kier molecular flexibility index (Phi) is 8.55. The summed E-state index contributed by atoms with van der Waals surface area (Å²) in [5.41, 5.74) is 8.06. The van der Waals surface area contributed by atoms with Crippen molar-refractivity contribution in [2.75, 3.05) is 19.8 Å². The summed E-state index contributed by atoms with van der Waals surface area (Å²) in [6.45, 7) is 6.39. The molecule has 2 rings (SSSR count). The van der Waals surface area contributed by atoms with Crippen LogP contribution in [0.2, 0.25) is 0 Å². The summed E-state index contributed by atoms with van der Waals surface area (Å²) in [6, 6.07) is 6.65. The third-order valence-electron chi connectivity index (χ3n) is 3.26. The van der Waals surface area contributed by atoms with Crippen molar-refractivity contribution in [3.63, 3.8) is 0 Å². The summed E-state index contributed by atoms with van der Waals surface area (Å²) in [6.07, 6.45) is 2.37. The third kappa shape index (κ3) is 6.83. The number of rotatable bonds is 8. The van der Waals surface area contributed by atoms with E-state index in [1.54, 1.807) is 0 Å². The van der Waals surface area contributed by atoms with E-state index in [1.807, 2.05) is 26.0 Å². The lowest BCUT2D eigenvalue weighted by Crippen LogP contribution is -2.33. The molecule has 1 saturated carbocycles. The SMILES string of the molecule is CCOCCOc1cc(C)ccc1CN=C(N)NC1CC1.I. The van der Waals surface area contributed by atoms with Crippen LogP contribution in [0.1, 0.15) is 30.9 Å². The van der Waals surface area contributed by atoms with Crippen LogP contribution in [0, 0.1) is 6.92 Å². The fourth-order valence-electron chi connectivity index (χ4n) is 1.93. The van der Waals surface area contributed by atoms with Crippen LogP contribution in [0.4, 0.5) is 0 Å². The van der Waals surface area contributed by atoms with E-state index in [2.05, 4.69) is 16.4 Å². The van der Waals surface area contributed by atoms with Gasteiger partial charge < -0.3 is 20.5 Å². The molecule has 1 aromatic carbocycles. The number of benzene rings is 1. The first kappa shape index (κ1) is 19.0. The average Bonchev–Trinajstić information content (AvgIpc) is 3.26. The highest BCUT2D eigenvalue weighted by Crippen LogP contribution is 2.22. The lowest BCUT2D eigenvalue weighted by molar-refractivity contribution is 0.110. The van der Waals surface area contributed by atoms with E-state index in [9.17, 15) is 0 Å². The van der Waals surface area contributed by atoms with E-state index in [0.29, 0.717) is 38.4 Å². The van der Waals surface area contributed by atoms with Gasteiger partial charge in [0, 0.05) is 18.2 Å². The van der Waals surface area contributed by atoms with Crippen molar-refractivity contribution in [1.82, 2.24) is 5.32 Å². The first-order chi connectivity index (χ1) is 10.2. The molecule has 6 heteroatoms. The summed E-state index contributed by atoms with van der Waals surface area (Å²) in [4.78, 5) is 4.38. The molecule has 1 aliphatic rings. The zero-order valence-electron chi connectivity index (χ0n) is 13.3. The van der Waals surface area contributed by atoms with E-state index >= 15 is 0 Å². The lowest BCUT2D eigenvalue weighted by atomic mass is 10.1. The zero-order chi connectivity index (χ0) is 15.1. The van der Waals surface area contributed by atoms with Crippen LogP contribution < -0.4 is 15.8 Å². The van der Waals surface area contributed by atoms with Gasteiger partial charge in [0.1, 0.15) is 12.4 Å². The minimum absolute atomic E-state index is 0. The summed E-state index contributed by atoms with van der Waals surface area (Å²) >= 11 is 0. The van der Waals surface area contributed by atoms with Gasteiger partial charge in [-0.2, -0.15) is 0 Å². The van der Waals surface area contributed by atoms with Crippen LogP contribution in [-0.2, 0) is 11.3 Å². The van der Waals surface area contributed by atoms with E-state index in [0.717, 1.165) is 11.3 Å². The first-order valence-corrected chi connectivity index (χ1v) is 7.55. The molecule has 0 aliphatic heterocycles. The summed E-state index contributed by atoms with van der Waals surface area (Å²) < 4.78 is 11.1. The van der Waals surface area contributed by atoms with Crippen LogP contribution >= 0.6 is 24.0 Å². The van der Waals surface area contributed by atoms with Gasteiger partial charge in [0.2, 0.25) is 0 Å². The number of nitrogens with zero attached hydrogens (tertiary/aromatic N) is 1. The molecule has 22 heavy (non-hydrogen) atoms. The molecule has 0 spiro atoms. The van der Waals surface area contributed by atoms with Crippen LogP contribution in [0.15, 0.2) is 23.2 Å². The number of hydrogen-bond acceptors (Lipinski definition) is 3. The molecule has 3 N–H and O–H groups in total. The molecule has 0 amide bonds. The van der Waals surface area contributed by atoms with Crippen LogP contribution in [0.5, 0.6) is 5.75 Å². The predicted octanol–water partition coefficient (Wildman–Crippen LogP) is 2.60. The van der Waals surface area contributed by atoms with Gasteiger partial charge in [-0.15, -0.1) is 24.0 Å². The maximum Gasteiger partial charge on any atom is 0.189 e. The van der Waals surface area contributed by atoms with Crippen molar-refractivity contribution in [3.05, 3.63) is 29.3 Å². The molecule has 0 heterocycles. The number of aryl methyl sites for hydroxylation is 1. The van der Waals surface area contributed by atoms with Crippen molar-refractivity contribution in [2.45, 2.75) is 39.3 Å². The zero-order valence-corrected chi connectivity index (χ0v) is 15.6. The molecular formula is C16H26IN3O2. The van der Waals surface area contributed by atoms with Crippen LogP contribution in [0.25, 0.3) is 0 Å². The lowest BCUT2D eigenvalue weighted by Gasteiger charge is -2.12. The minimum atomic E-state index is 0. The smallest absolute Gasteiger partial charge is 0.189 e. The van der Waals surface area contributed by atoms with Gasteiger partial charge in [0.05, 0.1) is 13.2 Å². The summed E-state index contributed by atoms with van der Waals surface area (Å²) in [5.74, 6) is 1.37. The Hall–Kier alpha value is -1.02. The van der Waals surface area contributed by atoms with Gasteiger partial charge in [0.25, 0.3) is 0 Å². The quantitative estimate of drug-likeness (QED) is 0.294. The number of halogens is 1. The highest BCUT2D eigenvalue weighted by atomic mass is 127. The van der Waals surface area contributed by atoms with Gasteiger partial charge in [-0.05, 0) is 38.3 Å². The number of guanidine groups is 1. The highest BCUT2D eigenvalue weighted by Gasteiger charge is 2.21. The van der Waals surface area contributed by atoms with E-state index < -0.39 is 0 Å². The molecule has 0 atom stereocenters. The fraction of sp³-hybridized carbons (Fsp3) is 0.562. The molecular weight excluding hydrogens is 393 g/mol. The molecule has 0 bridgehead atoms. The van der Waals surface area contributed by atoms with Crippen molar-refractivity contribution < 1.29 is 9.47 Å². The Bertz CT molecular complexity index is 490. The molecule has 0 radical (unpaired) electrons. The number of aliphatic imine (C=N–C) groups is 1. The number of ether oxygens (including phenoxy) is 2. The molecule has 0 saturated heterocycles. The standard InChI is InChI=1S/C16H25N3O2.HI/c1-3-20-8-9-21-15-10-12(2)4-5-13(15)11-18-16(17)19-14-6-7-14;/h4-5,10,14H,3,6-9,11H2,1-2H3,(H3,17,18,19);1H. The van der Waals surface area contributed by atoms with Crippen molar-refractivity contribution >= 4 is 29.9 Å². The normalized spacial score (nSPS) is 14.4. The van der Waals surface area contributed by atoms with Gasteiger partial charge in [-0.3, -0.25) is 0 Å². The van der Waals surface area contributed by atoms with Crippen molar-refractivity contribution in [3.8, 4) is 5.75 Å². The van der Waals surface area contributed by atoms with Gasteiger partial charge in [-0.25, -0.2) is 4.99 Å². The number of nitrogens with two attached hydrogens (primary N) is 1. The maximum atomic E-state index is 5.86. The Labute approximate surface area is 149 Å². The number of hydrogen-bond donors (Lipinski definition) is 2. The summed E-state index contributed by atoms with van der Waals surface area (Å²) in [7, 11) is 0. The molecule has 0 unspecified atom stereocenters. The average molecular weight is 419 g/mol. The fourth-order valence-corrected chi connectivity index (χ4v) is 1.93. The molecule has 1 aliphatic carbocycles. The topological polar surface area (TPSA) is 68.9 Å². The Morgan fingerprint density at radius 1 is 1.36 bits per heavy atom. The maximum absolute atomic E-state index is 5.86. The second-order valence-corrected chi connectivity index (χ2v) is 5.28. The Balaban J connectivity index is 0.00000242. The summed E-state index contributed by atoms with van der Waals surface area (Å²) in [5, 5.41) is 3.18. The second kappa shape index (κ2) is 9.89. The highest BCUT2D eigenvalue weighted by molar-refractivity contribution is 14.0. The Morgan fingerprint density at radius 3 is 2.82 bits per heavy atom. The molecule has 0 aromatic heterocycles. The van der Waals surface area contributed by atoms with E-state index in [1.165, 1.54) is 18.4 Å². The van der Waals surface area contributed by atoms with Crippen molar-refractivity contribution in [2.24, 2.45) is 10.7 Å². The van der Waals surface area contributed by atoms with Gasteiger partial charge in [0.15, 0.2) is 5.96 Å². The van der Waals surface area contributed by atoms with Crippen LogP contribution in [0.3, 0.4) is 0 Å². The molecule has 124 valence electrons. The molecule has 1 fully saturated rings. The second-order valence-electron chi connectivity index (χ2n) is 5.28.